The molecule has 0 radical (unpaired) electrons. The van der Waals surface area contributed by atoms with Crippen LogP contribution in [0.5, 0.6) is 11.5 Å². The molecule has 3 rings (SSSR count). The minimum Gasteiger partial charge on any atom is -0.457 e. The fraction of sp³-hybridized carbons (Fsp3) is 0.182. The Labute approximate surface area is 166 Å². The smallest absolute Gasteiger partial charge is 0.416 e. The van der Waals surface area contributed by atoms with Gasteiger partial charge in [0.05, 0.1) is 16.8 Å². The molecule has 0 aliphatic carbocycles. The number of hydrogen-bond acceptors (Lipinski definition) is 3. The highest BCUT2D eigenvalue weighted by molar-refractivity contribution is 6.05. The number of pyridine rings is 1. The topological polar surface area (TPSA) is 51.2 Å². The number of carbonyl (C=O) groups excluding carboxylic acids is 1. The maximum Gasteiger partial charge on any atom is 0.416 e. The van der Waals surface area contributed by atoms with Crippen molar-refractivity contribution in [3.63, 3.8) is 0 Å². The Hall–Kier alpha value is -3.35. The van der Waals surface area contributed by atoms with Crippen LogP contribution in [0, 0.1) is 6.92 Å². The minimum absolute atomic E-state index is 0.269. The Kier molecular flexibility index (Phi) is 5.87. The molecule has 4 nitrogen and oxygen atoms in total. The second-order valence-corrected chi connectivity index (χ2v) is 6.39. The van der Waals surface area contributed by atoms with Gasteiger partial charge in [-0.3, -0.25) is 9.78 Å². The van der Waals surface area contributed by atoms with Gasteiger partial charge in [0.15, 0.2) is 0 Å². The van der Waals surface area contributed by atoms with E-state index < -0.39 is 11.7 Å². The summed E-state index contributed by atoms with van der Waals surface area (Å²) in [6.07, 6.45) is -3.59. The van der Waals surface area contributed by atoms with E-state index in [1.165, 1.54) is 12.1 Å². The first-order valence-corrected chi connectivity index (χ1v) is 8.99. The van der Waals surface area contributed by atoms with Crippen LogP contribution in [0.15, 0.2) is 60.7 Å². The van der Waals surface area contributed by atoms with E-state index in [2.05, 4.69) is 10.3 Å². The molecular formula is C22H19F3N2O2. The summed E-state index contributed by atoms with van der Waals surface area (Å²) in [7, 11) is 0. The van der Waals surface area contributed by atoms with Crippen LogP contribution in [0.25, 0.3) is 0 Å². The van der Waals surface area contributed by atoms with E-state index in [9.17, 15) is 18.0 Å². The first-order chi connectivity index (χ1) is 13.8. The van der Waals surface area contributed by atoms with Gasteiger partial charge in [-0.1, -0.05) is 6.92 Å². The van der Waals surface area contributed by atoms with Crippen molar-refractivity contribution in [3.05, 3.63) is 83.2 Å². The van der Waals surface area contributed by atoms with Gasteiger partial charge < -0.3 is 10.1 Å². The van der Waals surface area contributed by atoms with E-state index in [1.54, 1.807) is 37.3 Å². The predicted octanol–water partition coefficient (Wildman–Crippen LogP) is 6.02. The van der Waals surface area contributed by atoms with Crippen molar-refractivity contribution in [3.8, 4) is 11.5 Å². The van der Waals surface area contributed by atoms with Gasteiger partial charge in [0.25, 0.3) is 5.91 Å². The number of hydrogen-bond donors (Lipinski definition) is 1. The van der Waals surface area contributed by atoms with E-state index in [0.29, 0.717) is 22.7 Å². The molecule has 0 unspecified atom stereocenters. The number of aromatic nitrogens is 1. The quantitative estimate of drug-likeness (QED) is 0.570. The standard InChI is InChI=1S/C22H19F3N2O2/c1-3-16-8-13-20(14(2)26-16)21(28)27-17-6-11-19(12-7-17)29-18-9-4-15(5-10-18)22(23,24)25/h4-13H,3H2,1-2H3,(H,27,28). The van der Waals surface area contributed by atoms with Crippen molar-refractivity contribution in [2.45, 2.75) is 26.4 Å². The molecule has 150 valence electrons. The van der Waals surface area contributed by atoms with Gasteiger partial charge in [-0.2, -0.15) is 13.2 Å². The Morgan fingerprint density at radius 3 is 2.07 bits per heavy atom. The Balaban J connectivity index is 1.65. The number of anilines is 1. The van der Waals surface area contributed by atoms with Gasteiger partial charge in [0, 0.05) is 11.4 Å². The molecule has 1 N–H and O–H groups in total. The van der Waals surface area contributed by atoms with E-state index in [1.807, 2.05) is 13.0 Å². The van der Waals surface area contributed by atoms with Crippen molar-refractivity contribution in [1.29, 1.82) is 0 Å². The average Bonchev–Trinajstić information content (AvgIpc) is 2.69. The number of halogens is 3. The minimum atomic E-state index is -4.39. The Bertz CT molecular complexity index is 998. The molecule has 0 saturated carbocycles. The second-order valence-electron chi connectivity index (χ2n) is 6.39. The Morgan fingerprint density at radius 2 is 1.55 bits per heavy atom. The zero-order chi connectivity index (χ0) is 21.0. The van der Waals surface area contributed by atoms with Crippen LogP contribution in [0.2, 0.25) is 0 Å². The van der Waals surface area contributed by atoms with E-state index in [4.69, 9.17) is 4.74 Å². The predicted molar refractivity (Wildman–Crippen MR) is 104 cm³/mol. The first kappa shape index (κ1) is 20.4. The highest BCUT2D eigenvalue weighted by atomic mass is 19.4. The van der Waals surface area contributed by atoms with Gasteiger partial charge >= 0.3 is 6.18 Å². The molecule has 0 aliphatic heterocycles. The van der Waals surface area contributed by atoms with E-state index in [0.717, 1.165) is 24.2 Å². The van der Waals surface area contributed by atoms with Gasteiger partial charge in [-0.15, -0.1) is 0 Å². The highest BCUT2D eigenvalue weighted by Crippen LogP contribution is 2.31. The maximum atomic E-state index is 12.6. The third-order valence-corrected chi connectivity index (χ3v) is 4.28. The van der Waals surface area contributed by atoms with Gasteiger partial charge in [0.2, 0.25) is 0 Å². The number of nitrogens with one attached hydrogen (secondary N) is 1. The molecule has 2 aromatic carbocycles. The van der Waals surface area contributed by atoms with Gasteiger partial charge in [0.1, 0.15) is 11.5 Å². The number of amides is 1. The largest absolute Gasteiger partial charge is 0.457 e. The zero-order valence-corrected chi connectivity index (χ0v) is 15.9. The summed E-state index contributed by atoms with van der Waals surface area (Å²) in [5, 5.41) is 2.79. The fourth-order valence-corrected chi connectivity index (χ4v) is 2.70. The van der Waals surface area contributed by atoms with Crippen LogP contribution in [-0.2, 0) is 12.6 Å². The summed E-state index contributed by atoms with van der Waals surface area (Å²) in [4.78, 5) is 16.8. The first-order valence-electron chi connectivity index (χ1n) is 8.99. The molecule has 0 saturated heterocycles. The van der Waals surface area contributed by atoms with Crippen LogP contribution in [-0.4, -0.2) is 10.9 Å². The van der Waals surface area contributed by atoms with E-state index in [-0.39, 0.29) is 11.7 Å². The Morgan fingerprint density at radius 1 is 0.966 bits per heavy atom. The zero-order valence-electron chi connectivity index (χ0n) is 15.9. The molecule has 0 fully saturated rings. The number of ether oxygens (including phenoxy) is 1. The number of benzene rings is 2. The lowest BCUT2D eigenvalue weighted by Gasteiger charge is -2.11. The van der Waals surface area contributed by atoms with E-state index >= 15 is 0 Å². The van der Waals surface area contributed by atoms with Crippen molar-refractivity contribution >= 4 is 11.6 Å². The van der Waals surface area contributed by atoms with Crippen molar-refractivity contribution < 1.29 is 22.7 Å². The van der Waals surface area contributed by atoms with Crippen LogP contribution < -0.4 is 10.1 Å². The molecule has 7 heteroatoms. The maximum absolute atomic E-state index is 12.6. The van der Waals surface area contributed by atoms with Crippen molar-refractivity contribution in [2.75, 3.05) is 5.32 Å². The summed E-state index contributed by atoms with van der Waals surface area (Å²) in [6, 6.07) is 14.6. The fourth-order valence-electron chi connectivity index (χ4n) is 2.70. The molecule has 1 heterocycles. The molecule has 29 heavy (non-hydrogen) atoms. The summed E-state index contributed by atoms with van der Waals surface area (Å²) in [6.45, 7) is 3.78. The molecule has 1 aromatic heterocycles. The van der Waals surface area contributed by atoms with Crippen LogP contribution in [0.3, 0.4) is 0 Å². The SMILES string of the molecule is CCc1ccc(C(=O)Nc2ccc(Oc3ccc(C(F)(F)F)cc3)cc2)c(C)n1. The number of alkyl halides is 3. The number of nitrogens with zero attached hydrogens (tertiary/aromatic N) is 1. The normalized spacial score (nSPS) is 11.2. The van der Waals surface area contributed by atoms with Crippen LogP contribution in [0.4, 0.5) is 18.9 Å². The third kappa shape index (κ3) is 5.13. The third-order valence-electron chi connectivity index (χ3n) is 4.28. The monoisotopic (exact) mass is 400 g/mol. The summed E-state index contributed by atoms with van der Waals surface area (Å²) < 4.78 is 43.3. The van der Waals surface area contributed by atoms with Crippen molar-refractivity contribution in [2.24, 2.45) is 0 Å². The van der Waals surface area contributed by atoms with Gasteiger partial charge in [-0.05, 0) is 74.0 Å². The summed E-state index contributed by atoms with van der Waals surface area (Å²) in [5.74, 6) is 0.453. The van der Waals surface area contributed by atoms with Crippen LogP contribution >= 0.6 is 0 Å². The lowest BCUT2D eigenvalue weighted by Crippen LogP contribution is -2.14. The highest BCUT2D eigenvalue weighted by Gasteiger charge is 2.30. The summed E-state index contributed by atoms with van der Waals surface area (Å²) >= 11 is 0. The molecule has 0 atom stereocenters. The molecule has 1 amide bonds. The van der Waals surface area contributed by atoms with Crippen molar-refractivity contribution in [1.82, 2.24) is 4.98 Å². The van der Waals surface area contributed by atoms with Crippen LogP contribution in [0.1, 0.15) is 34.2 Å². The van der Waals surface area contributed by atoms with Gasteiger partial charge in [-0.25, -0.2) is 0 Å². The average molecular weight is 400 g/mol. The molecule has 0 spiro atoms. The lowest BCUT2D eigenvalue weighted by atomic mass is 10.1. The molecule has 0 bridgehead atoms. The number of carbonyl (C=O) groups is 1. The molecular weight excluding hydrogens is 381 g/mol. The summed E-state index contributed by atoms with van der Waals surface area (Å²) in [5.41, 5.74) is 1.90. The number of aryl methyl sites for hydroxylation is 2. The lowest BCUT2D eigenvalue weighted by molar-refractivity contribution is -0.137. The molecule has 0 aliphatic rings. The molecule has 3 aromatic rings. The number of rotatable bonds is 5. The second kappa shape index (κ2) is 8.34.